The van der Waals surface area contributed by atoms with Gasteiger partial charge in [0.1, 0.15) is 0 Å². The molecule has 0 spiro atoms. The van der Waals surface area contributed by atoms with Crippen LogP contribution in [0.2, 0.25) is 0 Å². The van der Waals surface area contributed by atoms with Gasteiger partial charge in [0.05, 0.1) is 27.8 Å². The Morgan fingerprint density at radius 2 is 1.53 bits per heavy atom. The van der Waals surface area contributed by atoms with E-state index in [9.17, 15) is 13.2 Å². The molecule has 1 heterocycles. The van der Waals surface area contributed by atoms with Crippen molar-refractivity contribution in [3.63, 3.8) is 0 Å². The molecule has 2 aliphatic rings. The molecule has 1 saturated heterocycles. The van der Waals surface area contributed by atoms with Crippen LogP contribution in [0.5, 0.6) is 0 Å². The number of sulfone groups is 1. The third kappa shape index (κ3) is 5.08. The van der Waals surface area contributed by atoms with Crippen LogP contribution in [-0.2, 0) is 19.4 Å². The van der Waals surface area contributed by atoms with Gasteiger partial charge in [0.2, 0.25) is 0 Å². The lowest BCUT2D eigenvalue weighted by Gasteiger charge is -2.51. The van der Waals surface area contributed by atoms with Crippen molar-refractivity contribution in [1.82, 2.24) is 0 Å². The van der Waals surface area contributed by atoms with Crippen LogP contribution in [0.1, 0.15) is 35.4 Å². The van der Waals surface area contributed by atoms with Crippen molar-refractivity contribution in [1.29, 1.82) is 0 Å². The predicted molar refractivity (Wildman–Crippen MR) is 158 cm³/mol. The van der Waals surface area contributed by atoms with Gasteiger partial charge in [-0.3, -0.25) is 4.79 Å². The monoisotopic (exact) mass is 564 g/mol. The zero-order chi connectivity index (χ0) is 26.8. The molecule has 1 aliphatic heterocycles. The van der Waals surface area contributed by atoms with Crippen molar-refractivity contribution >= 4 is 44.9 Å². The van der Waals surface area contributed by atoms with Gasteiger partial charge in [-0.2, -0.15) is 0 Å². The lowest BCUT2D eigenvalue weighted by Crippen LogP contribution is -2.46. The van der Waals surface area contributed by atoms with Crippen LogP contribution in [0.25, 0.3) is 5.57 Å². The third-order valence-corrected chi connectivity index (χ3v) is 12.7. The van der Waals surface area contributed by atoms with E-state index < -0.39 is 19.8 Å². The Labute approximate surface area is 234 Å². The number of methoxy groups -OCH3 is 1. The van der Waals surface area contributed by atoms with Crippen LogP contribution in [0.4, 0.5) is 0 Å². The summed E-state index contributed by atoms with van der Waals surface area (Å²) in [5.74, 6) is 0.997. The van der Waals surface area contributed by atoms with Gasteiger partial charge >= 0.3 is 5.97 Å². The van der Waals surface area contributed by atoms with Crippen LogP contribution in [0.15, 0.2) is 95.4 Å². The van der Waals surface area contributed by atoms with E-state index in [1.807, 2.05) is 36.4 Å². The molecule has 0 aromatic heterocycles. The molecule has 1 aliphatic carbocycles. The summed E-state index contributed by atoms with van der Waals surface area (Å²) in [4.78, 5) is 13.8. The fraction of sp³-hybridized carbons (Fsp3) is 0.323. The molecule has 0 N–H and O–H groups in total. The second kappa shape index (κ2) is 11.3. The normalized spacial score (nSPS) is 21.0. The lowest BCUT2D eigenvalue weighted by atomic mass is 9.60. The van der Waals surface area contributed by atoms with Crippen molar-refractivity contribution in [2.45, 2.75) is 34.7 Å². The van der Waals surface area contributed by atoms with Crippen molar-refractivity contribution in [3.8, 4) is 0 Å². The third-order valence-electron chi connectivity index (χ3n) is 7.48. The Bertz CT molecular complexity index is 1430. The van der Waals surface area contributed by atoms with Crippen molar-refractivity contribution in [2.24, 2.45) is 5.92 Å². The van der Waals surface area contributed by atoms with Crippen LogP contribution >= 0.6 is 23.5 Å². The molecule has 2 atom stereocenters. The van der Waals surface area contributed by atoms with Crippen LogP contribution in [-0.4, -0.2) is 42.8 Å². The molecular weight excluding hydrogens is 533 g/mol. The molecule has 5 rings (SSSR count). The summed E-state index contributed by atoms with van der Waals surface area (Å²) in [5.41, 5.74) is 5.48. The van der Waals surface area contributed by atoms with E-state index in [1.54, 1.807) is 47.8 Å². The highest BCUT2D eigenvalue weighted by molar-refractivity contribution is 8.19. The summed E-state index contributed by atoms with van der Waals surface area (Å²) >= 11 is 3.59. The maximum absolute atomic E-state index is 13.5. The number of ether oxygens (including phenoxy) is 1. The minimum atomic E-state index is -3.48. The molecule has 3 aromatic rings. The molecule has 0 amide bonds. The minimum Gasteiger partial charge on any atom is -0.469 e. The zero-order valence-corrected chi connectivity index (χ0v) is 24.1. The van der Waals surface area contributed by atoms with Gasteiger partial charge in [-0.15, -0.1) is 23.5 Å². The summed E-state index contributed by atoms with van der Waals surface area (Å²) in [5, 5.41) is 0. The molecule has 0 radical (unpaired) electrons. The summed E-state index contributed by atoms with van der Waals surface area (Å²) in [6, 6.07) is 27.1. The Morgan fingerprint density at radius 3 is 2.16 bits per heavy atom. The topological polar surface area (TPSA) is 60.4 Å². The van der Waals surface area contributed by atoms with Crippen LogP contribution in [0, 0.1) is 12.8 Å². The van der Waals surface area contributed by atoms with E-state index in [1.165, 1.54) is 7.11 Å². The van der Waals surface area contributed by atoms with Gasteiger partial charge in [0.15, 0.2) is 9.84 Å². The van der Waals surface area contributed by atoms with Crippen molar-refractivity contribution in [2.75, 3.05) is 24.4 Å². The molecule has 3 aromatic carbocycles. The molecule has 4 nitrogen and oxygen atoms in total. The molecule has 7 heteroatoms. The van der Waals surface area contributed by atoms with Gasteiger partial charge in [-0.25, -0.2) is 8.42 Å². The largest absolute Gasteiger partial charge is 0.469 e. The van der Waals surface area contributed by atoms with Crippen molar-refractivity contribution in [3.05, 3.63) is 107 Å². The number of carbonyl (C=O) groups excluding carboxylic acids is 1. The minimum absolute atomic E-state index is 0.0194. The first-order valence-corrected chi connectivity index (χ1v) is 16.5. The number of rotatable bonds is 8. The first-order chi connectivity index (χ1) is 18.4. The number of aryl methyl sites for hydroxylation is 1. The van der Waals surface area contributed by atoms with Gasteiger partial charge < -0.3 is 4.74 Å². The van der Waals surface area contributed by atoms with E-state index in [0.717, 1.165) is 45.8 Å². The van der Waals surface area contributed by atoms with Gasteiger partial charge in [0, 0.05) is 5.92 Å². The highest BCUT2D eigenvalue weighted by atomic mass is 32.2. The SMILES string of the molecule is COC(=O)[C@@H]1C(C2(CCS(=O)(=O)c3ccccc3)SCCCS2)=C(c2ccccc2)[C@H]1c1ccccc1C. The van der Waals surface area contributed by atoms with E-state index in [0.29, 0.717) is 11.3 Å². The van der Waals surface area contributed by atoms with Crippen LogP contribution in [0.3, 0.4) is 0 Å². The lowest BCUT2D eigenvalue weighted by molar-refractivity contribution is -0.145. The summed E-state index contributed by atoms with van der Waals surface area (Å²) in [6.45, 7) is 2.08. The average molecular weight is 565 g/mol. The van der Waals surface area contributed by atoms with Gasteiger partial charge in [0.25, 0.3) is 0 Å². The first kappa shape index (κ1) is 27.1. The Hall–Kier alpha value is -2.48. The van der Waals surface area contributed by atoms with E-state index in [2.05, 4.69) is 31.2 Å². The zero-order valence-electron chi connectivity index (χ0n) is 21.6. The molecule has 38 heavy (non-hydrogen) atoms. The van der Waals surface area contributed by atoms with Crippen molar-refractivity contribution < 1.29 is 17.9 Å². The summed E-state index contributed by atoms with van der Waals surface area (Å²) in [6.07, 6.45) is 1.49. The number of hydrogen-bond donors (Lipinski definition) is 0. The maximum atomic E-state index is 13.5. The number of allylic oxidation sites excluding steroid dienone is 1. The second-order valence-corrected chi connectivity index (χ2v) is 14.9. The van der Waals surface area contributed by atoms with E-state index in [-0.39, 0.29) is 17.6 Å². The van der Waals surface area contributed by atoms with E-state index in [4.69, 9.17) is 4.74 Å². The molecule has 198 valence electrons. The number of esters is 1. The van der Waals surface area contributed by atoms with Crippen LogP contribution < -0.4 is 0 Å². The molecule has 0 unspecified atom stereocenters. The Balaban J connectivity index is 1.66. The summed E-state index contributed by atoms with van der Waals surface area (Å²) in [7, 11) is -2.03. The summed E-state index contributed by atoms with van der Waals surface area (Å²) < 4.78 is 31.6. The molecule has 1 fully saturated rings. The second-order valence-electron chi connectivity index (χ2n) is 9.71. The predicted octanol–water partition coefficient (Wildman–Crippen LogP) is 6.77. The number of benzene rings is 3. The Morgan fingerprint density at radius 1 is 0.921 bits per heavy atom. The maximum Gasteiger partial charge on any atom is 0.313 e. The highest BCUT2D eigenvalue weighted by Crippen LogP contribution is 2.64. The number of hydrogen-bond acceptors (Lipinski definition) is 6. The Kier molecular flexibility index (Phi) is 8.08. The van der Waals surface area contributed by atoms with E-state index >= 15 is 0 Å². The number of thioether (sulfide) groups is 2. The van der Waals surface area contributed by atoms with Gasteiger partial charge in [-0.05, 0) is 71.2 Å². The first-order valence-electron chi connectivity index (χ1n) is 12.9. The quantitative estimate of drug-likeness (QED) is 0.282. The fourth-order valence-electron chi connectivity index (χ4n) is 5.64. The molecule has 0 saturated carbocycles. The fourth-order valence-corrected chi connectivity index (χ4v) is 10.8. The highest BCUT2D eigenvalue weighted by Gasteiger charge is 2.56. The van der Waals surface area contributed by atoms with Gasteiger partial charge in [-0.1, -0.05) is 72.8 Å². The smallest absolute Gasteiger partial charge is 0.313 e. The molecular formula is C31H32O4S3. The molecule has 0 bridgehead atoms. The number of carbonyl (C=O) groups is 1. The average Bonchev–Trinajstić information content (AvgIpc) is 2.94. The standard InChI is InChI=1S/C31H32O4S3/c1-22-12-9-10-17-25(22)27-26(23-13-5-3-6-14-23)29(28(27)30(32)35-2)31(36-19-11-20-37-31)18-21-38(33,34)24-15-7-4-8-16-24/h3-10,12-17,27-28H,11,18-21H2,1-2H3/t27-,28+/m1/s1.